The van der Waals surface area contributed by atoms with Crippen LogP contribution in [0.2, 0.25) is 0 Å². The highest BCUT2D eigenvalue weighted by atomic mass is 16.3. The molecule has 1 aliphatic carbocycles. The largest absolute Gasteiger partial charge is 0.465 e. The highest BCUT2D eigenvalue weighted by Gasteiger charge is 2.18. The van der Waals surface area contributed by atoms with Crippen LogP contribution in [0.5, 0.6) is 0 Å². The molecule has 0 aliphatic heterocycles. The molecule has 0 amide bonds. The van der Waals surface area contributed by atoms with Crippen molar-refractivity contribution in [3.05, 3.63) is 29.2 Å². The molecule has 0 bridgehead atoms. The first-order valence-electron chi connectivity index (χ1n) is 7.26. The zero-order valence-electron chi connectivity index (χ0n) is 11.7. The topological polar surface area (TPSA) is 25.2 Å². The van der Waals surface area contributed by atoms with Crippen molar-refractivity contribution in [3.8, 4) is 0 Å². The van der Waals surface area contributed by atoms with E-state index in [9.17, 15) is 0 Å². The third kappa shape index (κ3) is 3.49. The maximum Gasteiger partial charge on any atom is 0.129 e. The molecule has 0 unspecified atom stereocenters. The minimum Gasteiger partial charge on any atom is -0.465 e. The van der Waals surface area contributed by atoms with Crippen LogP contribution in [0.3, 0.4) is 0 Å². The van der Waals surface area contributed by atoms with Gasteiger partial charge in [0.2, 0.25) is 0 Å². The van der Waals surface area contributed by atoms with Gasteiger partial charge in [-0.25, -0.2) is 0 Å². The Balaban J connectivity index is 2.13. The van der Waals surface area contributed by atoms with E-state index in [0.717, 1.165) is 24.8 Å². The van der Waals surface area contributed by atoms with Crippen molar-refractivity contribution in [2.75, 3.05) is 13.1 Å². The van der Waals surface area contributed by atoms with Crippen molar-refractivity contribution in [3.63, 3.8) is 0 Å². The van der Waals surface area contributed by atoms with Gasteiger partial charge >= 0.3 is 0 Å². The van der Waals surface area contributed by atoms with Gasteiger partial charge in [0.25, 0.3) is 0 Å². The molecule has 0 radical (unpaired) electrons. The molecule has 1 saturated carbocycles. The van der Waals surface area contributed by atoms with Gasteiger partial charge in [-0.05, 0) is 55.5 Å². The Kier molecular flexibility index (Phi) is 5.06. The highest BCUT2D eigenvalue weighted by Crippen LogP contribution is 2.31. The lowest BCUT2D eigenvalue weighted by Gasteiger charge is -2.24. The summed E-state index contributed by atoms with van der Waals surface area (Å²) in [4.78, 5) is 0. The van der Waals surface area contributed by atoms with E-state index in [0.29, 0.717) is 0 Å². The maximum absolute atomic E-state index is 5.56. The fraction of sp³-hybridized carbons (Fsp3) is 0.625. The van der Waals surface area contributed by atoms with Gasteiger partial charge < -0.3 is 9.73 Å². The van der Waals surface area contributed by atoms with E-state index < -0.39 is 0 Å². The van der Waals surface area contributed by atoms with Crippen molar-refractivity contribution < 1.29 is 4.42 Å². The van der Waals surface area contributed by atoms with Crippen molar-refractivity contribution in [1.82, 2.24) is 5.32 Å². The smallest absolute Gasteiger partial charge is 0.129 e. The number of likely N-dealkylation sites (N-methyl/N-ethyl adjacent to an activating group) is 1. The van der Waals surface area contributed by atoms with Crippen LogP contribution in [0.25, 0.3) is 6.08 Å². The quantitative estimate of drug-likeness (QED) is 0.845. The van der Waals surface area contributed by atoms with E-state index in [4.69, 9.17) is 4.42 Å². The van der Waals surface area contributed by atoms with Crippen LogP contribution in [0.1, 0.15) is 50.4 Å². The number of furan rings is 1. The van der Waals surface area contributed by atoms with Crippen LogP contribution in [-0.2, 0) is 0 Å². The Morgan fingerprint density at radius 1 is 1.39 bits per heavy atom. The Morgan fingerprint density at radius 2 is 2.17 bits per heavy atom. The van der Waals surface area contributed by atoms with Gasteiger partial charge in [-0.2, -0.15) is 0 Å². The summed E-state index contributed by atoms with van der Waals surface area (Å²) in [6.45, 7) is 6.31. The molecule has 1 aromatic rings. The van der Waals surface area contributed by atoms with Crippen LogP contribution in [0.4, 0.5) is 0 Å². The second-order valence-electron chi connectivity index (χ2n) is 5.30. The molecule has 0 saturated heterocycles. The Bertz CT molecular complexity index is 386. The minimum absolute atomic E-state index is 0.752. The normalized spacial score (nSPS) is 18.2. The molecule has 0 spiro atoms. The molecule has 0 aromatic carbocycles. The standard InChI is InChI=1S/C16H25NO/c1-3-17-12-15(14-7-5-4-6-8-14)11-16-13(2)9-10-18-16/h9-11,14,17H,3-8,12H2,1-2H3/b15-11-. The Labute approximate surface area is 110 Å². The molecule has 18 heavy (non-hydrogen) atoms. The predicted octanol–water partition coefficient (Wildman–Crippen LogP) is 4.16. The molecule has 2 nitrogen and oxygen atoms in total. The van der Waals surface area contributed by atoms with E-state index in [-0.39, 0.29) is 0 Å². The van der Waals surface area contributed by atoms with Crippen LogP contribution in [-0.4, -0.2) is 13.1 Å². The van der Waals surface area contributed by atoms with Gasteiger partial charge in [-0.15, -0.1) is 0 Å². The molecule has 100 valence electrons. The summed E-state index contributed by atoms with van der Waals surface area (Å²) in [5.74, 6) is 1.79. The lowest BCUT2D eigenvalue weighted by molar-refractivity contribution is 0.396. The number of hydrogen-bond acceptors (Lipinski definition) is 2. The summed E-state index contributed by atoms with van der Waals surface area (Å²) in [6, 6.07) is 2.04. The zero-order chi connectivity index (χ0) is 12.8. The van der Waals surface area contributed by atoms with Crippen molar-refractivity contribution >= 4 is 6.08 Å². The maximum atomic E-state index is 5.56. The average molecular weight is 247 g/mol. The van der Waals surface area contributed by atoms with Gasteiger partial charge in [0, 0.05) is 6.54 Å². The Morgan fingerprint density at radius 3 is 2.78 bits per heavy atom. The van der Waals surface area contributed by atoms with Crippen LogP contribution >= 0.6 is 0 Å². The third-order valence-corrected chi connectivity index (χ3v) is 3.93. The van der Waals surface area contributed by atoms with Crippen molar-refractivity contribution in [2.24, 2.45) is 5.92 Å². The van der Waals surface area contributed by atoms with Gasteiger partial charge in [0.15, 0.2) is 0 Å². The summed E-state index contributed by atoms with van der Waals surface area (Å²) in [5, 5.41) is 3.47. The number of hydrogen-bond donors (Lipinski definition) is 1. The van der Waals surface area contributed by atoms with Gasteiger partial charge in [-0.1, -0.05) is 26.2 Å². The second-order valence-corrected chi connectivity index (χ2v) is 5.30. The van der Waals surface area contributed by atoms with Gasteiger partial charge in [0.1, 0.15) is 5.76 Å². The van der Waals surface area contributed by atoms with Crippen molar-refractivity contribution in [1.29, 1.82) is 0 Å². The monoisotopic (exact) mass is 247 g/mol. The van der Waals surface area contributed by atoms with Gasteiger partial charge in [-0.3, -0.25) is 0 Å². The third-order valence-electron chi connectivity index (χ3n) is 3.93. The van der Waals surface area contributed by atoms with Crippen molar-refractivity contribution in [2.45, 2.75) is 46.0 Å². The summed E-state index contributed by atoms with van der Waals surface area (Å²) < 4.78 is 5.56. The lowest BCUT2D eigenvalue weighted by Crippen LogP contribution is -2.22. The van der Waals surface area contributed by atoms with Crippen LogP contribution in [0, 0.1) is 12.8 Å². The summed E-state index contributed by atoms with van der Waals surface area (Å²) in [5.41, 5.74) is 2.76. The molecule has 2 rings (SSSR count). The molecule has 2 heteroatoms. The second kappa shape index (κ2) is 6.79. The highest BCUT2D eigenvalue weighted by molar-refractivity contribution is 5.52. The molecule has 0 atom stereocenters. The van der Waals surface area contributed by atoms with Gasteiger partial charge in [0.05, 0.1) is 6.26 Å². The number of rotatable bonds is 5. The molecule has 1 N–H and O–H groups in total. The first-order valence-corrected chi connectivity index (χ1v) is 7.26. The van der Waals surface area contributed by atoms with E-state index >= 15 is 0 Å². The first-order chi connectivity index (χ1) is 8.81. The molecule has 1 heterocycles. The molecule has 1 fully saturated rings. The molecule has 1 aliphatic rings. The minimum atomic E-state index is 0.752. The van der Waals surface area contributed by atoms with E-state index in [2.05, 4.69) is 25.2 Å². The summed E-state index contributed by atoms with van der Waals surface area (Å²) >= 11 is 0. The van der Waals surface area contributed by atoms with E-state index in [1.54, 1.807) is 6.26 Å². The first kappa shape index (κ1) is 13.4. The molecular formula is C16H25NO. The summed E-state index contributed by atoms with van der Waals surface area (Å²) in [6.07, 6.45) is 10.9. The number of aryl methyl sites for hydroxylation is 1. The fourth-order valence-corrected chi connectivity index (χ4v) is 2.76. The lowest BCUT2D eigenvalue weighted by atomic mass is 9.83. The summed E-state index contributed by atoms with van der Waals surface area (Å²) in [7, 11) is 0. The fourth-order valence-electron chi connectivity index (χ4n) is 2.76. The SMILES string of the molecule is CCNC/C(=C/c1occc1C)C1CCCCC1. The van der Waals surface area contributed by atoms with E-state index in [1.807, 2.05) is 6.07 Å². The van der Waals surface area contributed by atoms with Crippen LogP contribution < -0.4 is 5.32 Å². The number of nitrogens with one attached hydrogen (secondary N) is 1. The zero-order valence-corrected chi connectivity index (χ0v) is 11.7. The van der Waals surface area contributed by atoms with Crippen LogP contribution in [0.15, 0.2) is 22.3 Å². The molecule has 1 aromatic heterocycles. The van der Waals surface area contributed by atoms with E-state index in [1.165, 1.54) is 43.2 Å². The average Bonchev–Trinajstić information content (AvgIpc) is 2.81. The molecular weight excluding hydrogens is 222 g/mol. The predicted molar refractivity (Wildman–Crippen MR) is 76.5 cm³/mol. The Hall–Kier alpha value is -1.02.